The molecule has 1 heterocycles. The van der Waals surface area contributed by atoms with E-state index in [0.717, 1.165) is 5.33 Å². The molecule has 0 bridgehead atoms. The summed E-state index contributed by atoms with van der Waals surface area (Å²) in [5.41, 5.74) is 0. The Morgan fingerprint density at radius 1 is 1.40 bits per heavy atom. The number of halogens is 1. The maximum absolute atomic E-state index is 5.74. The molecule has 2 unspecified atom stereocenters. The molecular weight excluding hydrogens is 192 g/mol. The van der Waals surface area contributed by atoms with Gasteiger partial charge in [0, 0.05) is 5.33 Å². The van der Waals surface area contributed by atoms with Crippen molar-refractivity contribution in [3.8, 4) is 0 Å². The van der Waals surface area contributed by atoms with Gasteiger partial charge in [0.25, 0.3) is 0 Å². The number of hydrogen-bond donors (Lipinski definition) is 0. The summed E-state index contributed by atoms with van der Waals surface area (Å²) < 4.78 is 5.74. The van der Waals surface area contributed by atoms with Crippen molar-refractivity contribution < 1.29 is 4.74 Å². The normalized spacial score (nSPS) is 34.2. The molecule has 0 radical (unpaired) electrons. The first-order valence-electron chi connectivity index (χ1n) is 4.08. The summed E-state index contributed by atoms with van der Waals surface area (Å²) >= 11 is 3.44. The van der Waals surface area contributed by atoms with Crippen LogP contribution >= 0.6 is 15.9 Å². The standard InChI is InChI=1S/C8H15BrO/c1-2-7-4-3-5-8(6-9)10-7/h7-8H,2-6H2,1H3. The Hall–Kier alpha value is 0.440. The third-order valence-electron chi connectivity index (χ3n) is 2.06. The summed E-state index contributed by atoms with van der Waals surface area (Å²) in [4.78, 5) is 0. The van der Waals surface area contributed by atoms with Crippen molar-refractivity contribution in [3.63, 3.8) is 0 Å². The fraction of sp³-hybridized carbons (Fsp3) is 1.00. The van der Waals surface area contributed by atoms with E-state index in [9.17, 15) is 0 Å². The average Bonchev–Trinajstić information content (AvgIpc) is 2.05. The predicted octanol–water partition coefficient (Wildman–Crippen LogP) is 2.73. The molecule has 0 aromatic carbocycles. The lowest BCUT2D eigenvalue weighted by Gasteiger charge is -2.28. The van der Waals surface area contributed by atoms with Crippen LogP contribution in [0.25, 0.3) is 0 Å². The van der Waals surface area contributed by atoms with Gasteiger partial charge >= 0.3 is 0 Å². The van der Waals surface area contributed by atoms with E-state index in [2.05, 4.69) is 22.9 Å². The Labute approximate surface area is 71.3 Å². The van der Waals surface area contributed by atoms with Crippen molar-refractivity contribution in [2.45, 2.75) is 44.8 Å². The zero-order valence-corrected chi connectivity index (χ0v) is 8.06. The summed E-state index contributed by atoms with van der Waals surface area (Å²) in [5.74, 6) is 0. The van der Waals surface area contributed by atoms with E-state index in [0.29, 0.717) is 12.2 Å². The van der Waals surface area contributed by atoms with Gasteiger partial charge in [-0.05, 0) is 25.7 Å². The molecule has 1 aliphatic rings. The third kappa shape index (κ3) is 2.24. The fourth-order valence-corrected chi connectivity index (χ4v) is 1.87. The molecule has 2 atom stereocenters. The third-order valence-corrected chi connectivity index (χ3v) is 2.79. The summed E-state index contributed by atoms with van der Waals surface area (Å²) in [5, 5.41) is 1.00. The summed E-state index contributed by atoms with van der Waals surface area (Å²) in [7, 11) is 0. The van der Waals surface area contributed by atoms with E-state index in [1.165, 1.54) is 25.7 Å². The van der Waals surface area contributed by atoms with Crippen molar-refractivity contribution in [3.05, 3.63) is 0 Å². The van der Waals surface area contributed by atoms with Crippen molar-refractivity contribution >= 4 is 15.9 Å². The van der Waals surface area contributed by atoms with E-state index in [1.54, 1.807) is 0 Å². The van der Waals surface area contributed by atoms with Crippen LogP contribution in [0, 0.1) is 0 Å². The number of ether oxygens (including phenoxy) is 1. The van der Waals surface area contributed by atoms with E-state index < -0.39 is 0 Å². The minimum absolute atomic E-state index is 0.485. The van der Waals surface area contributed by atoms with Gasteiger partial charge in [0.2, 0.25) is 0 Å². The van der Waals surface area contributed by atoms with Crippen molar-refractivity contribution in [1.29, 1.82) is 0 Å². The molecule has 1 fully saturated rings. The van der Waals surface area contributed by atoms with E-state index >= 15 is 0 Å². The molecule has 10 heavy (non-hydrogen) atoms. The predicted molar refractivity (Wildman–Crippen MR) is 46.6 cm³/mol. The second-order valence-electron chi connectivity index (χ2n) is 2.87. The van der Waals surface area contributed by atoms with E-state index in [-0.39, 0.29) is 0 Å². The molecule has 1 aliphatic heterocycles. The molecule has 1 nitrogen and oxygen atoms in total. The Balaban J connectivity index is 2.25. The Morgan fingerprint density at radius 3 is 2.70 bits per heavy atom. The lowest BCUT2D eigenvalue weighted by atomic mass is 10.0. The Bertz CT molecular complexity index is 85.3. The molecule has 0 spiro atoms. The highest BCUT2D eigenvalue weighted by Gasteiger charge is 2.19. The van der Waals surface area contributed by atoms with Crippen LogP contribution in [0.15, 0.2) is 0 Å². The first-order valence-corrected chi connectivity index (χ1v) is 5.20. The average molecular weight is 207 g/mol. The molecule has 0 aromatic heterocycles. The van der Waals surface area contributed by atoms with Crippen molar-refractivity contribution in [2.24, 2.45) is 0 Å². The molecular formula is C8H15BrO. The van der Waals surface area contributed by atoms with Gasteiger partial charge in [-0.25, -0.2) is 0 Å². The zero-order chi connectivity index (χ0) is 7.40. The van der Waals surface area contributed by atoms with Gasteiger partial charge in [-0.1, -0.05) is 22.9 Å². The van der Waals surface area contributed by atoms with E-state index in [4.69, 9.17) is 4.74 Å². The lowest BCUT2D eigenvalue weighted by Crippen LogP contribution is -2.27. The summed E-state index contributed by atoms with van der Waals surface area (Å²) in [6.07, 6.45) is 6.04. The van der Waals surface area contributed by atoms with Crippen molar-refractivity contribution in [1.82, 2.24) is 0 Å². The van der Waals surface area contributed by atoms with Gasteiger partial charge in [-0.2, -0.15) is 0 Å². The maximum Gasteiger partial charge on any atom is 0.0675 e. The molecule has 0 amide bonds. The highest BCUT2D eigenvalue weighted by atomic mass is 79.9. The van der Waals surface area contributed by atoms with Gasteiger partial charge < -0.3 is 4.74 Å². The summed E-state index contributed by atoms with van der Waals surface area (Å²) in [6, 6.07) is 0. The quantitative estimate of drug-likeness (QED) is 0.632. The number of hydrogen-bond acceptors (Lipinski definition) is 1. The molecule has 0 saturated carbocycles. The Kier molecular flexibility index (Phi) is 3.71. The maximum atomic E-state index is 5.74. The van der Waals surface area contributed by atoms with Crippen LogP contribution in [0.4, 0.5) is 0 Å². The fourth-order valence-electron chi connectivity index (χ4n) is 1.40. The molecule has 60 valence electrons. The van der Waals surface area contributed by atoms with Crippen LogP contribution in [0.2, 0.25) is 0 Å². The summed E-state index contributed by atoms with van der Waals surface area (Å²) in [6.45, 7) is 2.20. The minimum atomic E-state index is 0.485. The van der Waals surface area contributed by atoms with Crippen LogP contribution < -0.4 is 0 Å². The second-order valence-corrected chi connectivity index (χ2v) is 3.52. The topological polar surface area (TPSA) is 9.23 Å². The smallest absolute Gasteiger partial charge is 0.0675 e. The monoisotopic (exact) mass is 206 g/mol. The van der Waals surface area contributed by atoms with Gasteiger partial charge in [-0.3, -0.25) is 0 Å². The van der Waals surface area contributed by atoms with Crippen molar-refractivity contribution in [2.75, 3.05) is 5.33 Å². The van der Waals surface area contributed by atoms with Crippen LogP contribution in [0.5, 0.6) is 0 Å². The van der Waals surface area contributed by atoms with Crippen LogP contribution in [0.1, 0.15) is 32.6 Å². The number of alkyl halides is 1. The lowest BCUT2D eigenvalue weighted by molar-refractivity contribution is -0.0377. The van der Waals surface area contributed by atoms with Gasteiger partial charge in [0.15, 0.2) is 0 Å². The largest absolute Gasteiger partial charge is 0.374 e. The minimum Gasteiger partial charge on any atom is -0.374 e. The Morgan fingerprint density at radius 2 is 2.10 bits per heavy atom. The molecule has 1 rings (SSSR count). The highest BCUT2D eigenvalue weighted by Crippen LogP contribution is 2.21. The first-order chi connectivity index (χ1) is 4.86. The number of rotatable bonds is 2. The van der Waals surface area contributed by atoms with Gasteiger partial charge in [-0.15, -0.1) is 0 Å². The molecule has 1 saturated heterocycles. The van der Waals surface area contributed by atoms with E-state index in [1.807, 2.05) is 0 Å². The zero-order valence-electron chi connectivity index (χ0n) is 6.48. The van der Waals surface area contributed by atoms with Crippen LogP contribution in [0.3, 0.4) is 0 Å². The van der Waals surface area contributed by atoms with Crippen LogP contribution in [-0.4, -0.2) is 17.5 Å². The highest BCUT2D eigenvalue weighted by molar-refractivity contribution is 9.09. The van der Waals surface area contributed by atoms with Crippen LogP contribution in [-0.2, 0) is 4.74 Å². The SMILES string of the molecule is CCC1CCCC(CBr)O1. The molecule has 0 aromatic rings. The molecule has 0 aliphatic carbocycles. The second kappa shape index (κ2) is 4.35. The first kappa shape index (κ1) is 8.54. The van der Waals surface area contributed by atoms with Gasteiger partial charge in [0.05, 0.1) is 12.2 Å². The molecule has 2 heteroatoms. The van der Waals surface area contributed by atoms with Gasteiger partial charge in [0.1, 0.15) is 0 Å². The molecule has 0 N–H and O–H groups in total.